The highest BCUT2D eigenvalue weighted by molar-refractivity contribution is 9.10. The van der Waals surface area contributed by atoms with Crippen LogP contribution in [0.2, 0.25) is 0 Å². The molecule has 0 radical (unpaired) electrons. The van der Waals surface area contributed by atoms with E-state index >= 15 is 0 Å². The first-order valence-corrected chi connectivity index (χ1v) is 7.35. The number of hydrogen-bond acceptors (Lipinski definition) is 4. The van der Waals surface area contributed by atoms with E-state index in [1.54, 1.807) is 7.11 Å². The van der Waals surface area contributed by atoms with E-state index in [2.05, 4.69) is 32.8 Å². The van der Waals surface area contributed by atoms with Crippen LogP contribution in [0.3, 0.4) is 0 Å². The monoisotopic (exact) mass is 335 g/mol. The summed E-state index contributed by atoms with van der Waals surface area (Å²) in [7, 11) is 1.68. The van der Waals surface area contributed by atoms with Crippen molar-refractivity contribution in [2.75, 3.05) is 12.8 Å². The largest absolute Gasteiger partial charge is 0.383 e. The maximum Gasteiger partial charge on any atom is 0.161 e. The molecule has 20 heavy (non-hydrogen) atoms. The number of nitrogens with two attached hydrogens (primary N) is 1. The second kappa shape index (κ2) is 6.81. The Morgan fingerprint density at radius 1 is 1.30 bits per heavy atom. The van der Waals surface area contributed by atoms with Crippen molar-refractivity contribution in [3.05, 3.63) is 40.0 Å². The van der Waals surface area contributed by atoms with E-state index in [1.165, 1.54) is 0 Å². The lowest BCUT2D eigenvalue weighted by Crippen LogP contribution is -2.03. The van der Waals surface area contributed by atoms with E-state index in [9.17, 15) is 0 Å². The van der Waals surface area contributed by atoms with Gasteiger partial charge in [0.25, 0.3) is 0 Å². The molecule has 0 bridgehead atoms. The first-order valence-electron chi connectivity index (χ1n) is 6.55. The lowest BCUT2D eigenvalue weighted by molar-refractivity contribution is 0.185. The number of aryl methyl sites for hydroxylation is 1. The van der Waals surface area contributed by atoms with Crippen molar-refractivity contribution in [1.82, 2.24) is 9.97 Å². The maximum absolute atomic E-state index is 5.96. The molecule has 4 nitrogen and oxygen atoms in total. The molecule has 0 spiro atoms. The van der Waals surface area contributed by atoms with Crippen LogP contribution in [-0.2, 0) is 17.8 Å². The normalized spacial score (nSPS) is 10.8. The average Bonchev–Trinajstić information content (AvgIpc) is 2.44. The maximum atomic E-state index is 5.96. The highest BCUT2D eigenvalue weighted by atomic mass is 79.9. The minimum atomic E-state index is 0.482. The Morgan fingerprint density at radius 3 is 2.80 bits per heavy atom. The molecule has 2 N–H and O–H groups in total. The second-order valence-electron chi connectivity index (χ2n) is 4.58. The zero-order valence-electron chi connectivity index (χ0n) is 11.7. The molecular weight excluding hydrogens is 318 g/mol. The van der Waals surface area contributed by atoms with Crippen molar-refractivity contribution >= 4 is 21.7 Å². The summed E-state index contributed by atoms with van der Waals surface area (Å²) >= 11 is 3.46. The molecule has 2 rings (SSSR count). The highest BCUT2D eigenvalue weighted by Crippen LogP contribution is 2.26. The van der Waals surface area contributed by atoms with Gasteiger partial charge in [0.2, 0.25) is 0 Å². The Bertz CT molecular complexity index is 602. The van der Waals surface area contributed by atoms with Crippen LogP contribution in [0.25, 0.3) is 11.4 Å². The first kappa shape index (κ1) is 14.9. The molecule has 0 amide bonds. The Hall–Kier alpha value is -1.46. The number of halogens is 1. The van der Waals surface area contributed by atoms with E-state index in [1.807, 2.05) is 24.3 Å². The molecule has 0 aliphatic heterocycles. The van der Waals surface area contributed by atoms with Crippen LogP contribution >= 0.6 is 15.9 Å². The number of methoxy groups -OCH3 is 1. The predicted octanol–water partition coefficient (Wildman–Crippen LogP) is 3.59. The molecule has 2 aromatic rings. The van der Waals surface area contributed by atoms with Gasteiger partial charge in [-0.15, -0.1) is 0 Å². The molecule has 0 aliphatic carbocycles. The van der Waals surface area contributed by atoms with Crippen LogP contribution in [0, 0.1) is 0 Å². The van der Waals surface area contributed by atoms with Gasteiger partial charge < -0.3 is 10.5 Å². The van der Waals surface area contributed by atoms with Gasteiger partial charge in [0, 0.05) is 12.7 Å². The molecule has 106 valence electrons. The zero-order chi connectivity index (χ0) is 14.5. The van der Waals surface area contributed by atoms with Crippen molar-refractivity contribution in [3.8, 4) is 11.4 Å². The van der Waals surface area contributed by atoms with Crippen LogP contribution in [0.15, 0.2) is 28.7 Å². The summed E-state index contributed by atoms with van der Waals surface area (Å²) in [6, 6.07) is 8.01. The summed E-state index contributed by atoms with van der Waals surface area (Å²) in [5.41, 5.74) is 8.96. The summed E-state index contributed by atoms with van der Waals surface area (Å²) in [5.74, 6) is 1.14. The molecule has 1 heterocycles. The molecule has 0 saturated carbocycles. The van der Waals surface area contributed by atoms with Gasteiger partial charge >= 0.3 is 0 Å². The standard InChI is InChI=1S/C15H18BrN3O/c1-3-5-12-13(16)14(17)19-15(18-12)11-7-4-6-10(8-11)9-20-2/h4,6-8H,3,5,9H2,1-2H3,(H2,17,18,19). The third-order valence-electron chi connectivity index (χ3n) is 2.93. The molecule has 0 fully saturated rings. The first-order chi connectivity index (χ1) is 9.65. The van der Waals surface area contributed by atoms with Crippen LogP contribution in [0.4, 0.5) is 5.82 Å². The topological polar surface area (TPSA) is 61.0 Å². The fraction of sp³-hybridized carbons (Fsp3) is 0.333. The van der Waals surface area contributed by atoms with Gasteiger partial charge in [0.05, 0.1) is 16.8 Å². The molecule has 0 saturated heterocycles. The van der Waals surface area contributed by atoms with Gasteiger partial charge in [-0.3, -0.25) is 0 Å². The highest BCUT2D eigenvalue weighted by Gasteiger charge is 2.11. The van der Waals surface area contributed by atoms with Gasteiger partial charge in [0.1, 0.15) is 5.82 Å². The summed E-state index contributed by atoms with van der Waals surface area (Å²) in [5, 5.41) is 0. The lowest BCUT2D eigenvalue weighted by atomic mass is 10.1. The number of hydrogen-bond donors (Lipinski definition) is 1. The quantitative estimate of drug-likeness (QED) is 0.906. The van der Waals surface area contributed by atoms with Crippen molar-refractivity contribution < 1.29 is 4.74 Å². The summed E-state index contributed by atoms with van der Waals surface area (Å²) in [4.78, 5) is 8.98. The van der Waals surface area contributed by atoms with Gasteiger partial charge in [-0.2, -0.15) is 0 Å². The number of anilines is 1. The zero-order valence-corrected chi connectivity index (χ0v) is 13.3. The molecule has 0 unspecified atom stereocenters. The van der Waals surface area contributed by atoms with Crippen molar-refractivity contribution in [1.29, 1.82) is 0 Å². The van der Waals surface area contributed by atoms with Crippen LogP contribution in [0.1, 0.15) is 24.6 Å². The molecule has 0 atom stereocenters. The molecule has 1 aromatic heterocycles. The fourth-order valence-corrected chi connectivity index (χ4v) is 2.39. The SMILES string of the molecule is CCCc1nc(-c2cccc(COC)c2)nc(N)c1Br. The fourth-order valence-electron chi connectivity index (χ4n) is 2.01. The smallest absolute Gasteiger partial charge is 0.161 e. The van der Waals surface area contributed by atoms with Crippen molar-refractivity contribution in [2.45, 2.75) is 26.4 Å². The van der Waals surface area contributed by atoms with E-state index in [-0.39, 0.29) is 0 Å². The van der Waals surface area contributed by atoms with Gasteiger partial charge in [-0.25, -0.2) is 9.97 Å². The Labute approximate surface area is 127 Å². The Balaban J connectivity index is 2.44. The number of benzene rings is 1. The molecular formula is C15H18BrN3O. The van der Waals surface area contributed by atoms with Crippen LogP contribution < -0.4 is 5.73 Å². The van der Waals surface area contributed by atoms with E-state index in [0.29, 0.717) is 18.2 Å². The minimum Gasteiger partial charge on any atom is -0.383 e. The van der Waals surface area contributed by atoms with E-state index < -0.39 is 0 Å². The predicted molar refractivity (Wildman–Crippen MR) is 84.3 cm³/mol. The van der Waals surface area contributed by atoms with Gasteiger partial charge in [-0.05, 0) is 34.0 Å². The molecule has 0 aliphatic rings. The summed E-state index contributed by atoms with van der Waals surface area (Å²) in [6.45, 7) is 2.69. The number of rotatable bonds is 5. The van der Waals surface area contributed by atoms with Crippen LogP contribution in [0.5, 0.6) is 0 Å². The number of nitrogen functional groups attached to an aromatic ring is 1. The summed E-state index contributed by atoms with van der Waals surface area (Å²) < 4.78 is 5.95. The van der Waals surface area contributed by atoms with Gasteiger partial charge in [0.15, 0.2) is 5.82 Å². The number of nitrogens with zero attached hydrogens (tertiary/aromatic N) is 2. The number of ether oxygens (including phenoxy) is 1. The van der Waals surface area contributed by atoms with Gasteiger partial charge in [-0.1, -0.05) is 31.5 Å². The van der Waals surface area contributed by atoms with Crippen molar-refractivity contribution in [3.63, 3.8) is 0 Å². The Kier molecular flexibility index (Phi) is 5.09. The van der Waals surface area contributed by atoms with E-state index in [4.69, 9.17) is 10.5 Å². The lowest BCUT2D eigenvalue weighted by Gasteiger charge is -2.09. The number of aromatic nitrogens is 2. The molecule has 5 heteroatoms. The summed E-state index contributed by atoms with van der Waals surface area (Å²) in [6.07, 6.45) is 1.89. The third kappa shape index (κ3) is 3.35. The third-order valence-corrected chi connectivity index (χ3v) is 3.79. The van der Waals surface area contributed by atoms with Crippen LogP contribution in [-0.4, -0.2) is 17.1 Å². The van der Waals surface area contributed by atoms with E-state index in [0.717, 1.165) is 34.1 Å². The second-order valence-corrected chi connectivity index (χ2v) is 5.37. The Morgan fingerprint density at radius 2 is 2.10 bits per heavy atom. The minimum absolute atomic E-state index is 0.482. The van der Waals surface area contributed by atoms with Crippen molar-refractivity contribution in [2.24, 2.45) is 0 Å². The average molecular weight is 336 g/mol. The molecule has 1 aromatic carbocycles.